The topological polar surface area (TPSA) is 57.7 Å². The number of halogens is 4. The third-order valence-electron chi connectivity index (χ3n) is 5.75. The highest BCUT2D eigenvalue weighted by Gasteiger charge is 2.54. The van der Waals surface area contributed by atoms with E-state index in [1.807, 2.05) is 0 Å². The van der Waals surface area contributed by atoms with Crippen LogP contribution in [0.4, 0.5) is 4.39 Å². The van der Waals surface area contributed by atoms with Crippen LogP contribution >= 0.6 is 43.5 Å². The van der Waals surface area contributed by atoms with Gasteiger partial charge in [-0.2, -0.15) is 5.01 Å². The van der Waals surface area contributed by atoms with Crippen LogP contribution < -0.4 is 0 Å². The minimum absolute atomic E-state index is 0.0322. The van der Waals surface area contributed by atoms with Crippen molar-refractivity contribution in [3.8, 4) is 0 Å². The smallest absolute Gasteiger partial charge is 0.272 e. The van der Waals surface area contributed by atoms with Gasteiger partial charge in [0.15, 0.2) is 0 Å². The van der Waals surface area contributed by atoms with E-state index in [0.29, 0.717) is 12.8 Å². The van der Waals surface area contributed by atoms with Crippen molar-refractivity contribution in [2.45, 2.75) is 29.0 Å². The van der Waals surface area contributed by atoms with Gasteiger partial charge < -0.3 is 0 Å². The van der Waals surface area contributed by atoms with Gasteiger partial charge in [0.1, 0.15) is 5.82 Å². The Kier molecular flexibility index (Phi) is 6.51. The van der Waals surface area contributed by atoms with Gasteiger partial charge in [-0.3, -0.25) is 14.4 Å². The molecule has 2 aromatic carbocycles. The Labute approximate surface area is 200 Å². The van der Waals surface area contributed by atoms with Gasteiger partial charge in [0.05, 0.1) is 29.0 Å². The maximum atomic E-state index is 14.4. The van der Waals surface area contributed by atoms with Gasteiger partial charge in [-0.15, -0.1) is 0 Å². The summed E-state index contributed by atoms with van der Waals surface area (Å²) in [6, 6.07) is 12.3. The summed E-state index contributed by atoms with van der Waals surface area (Å²) in [6.45, 7) is -0.275. The van der Waals surface area contributed by atoms with E-state index in [1.54, 1.807) is 24.3 Å². The van der Waals surface area contributed by atoms with E-state index in [0.717, 1.165) is 10.0 Å². The predicted octanol–water partition coefficient (Wildman–Crippen LogP) is 4.96. The molecule has 0 N–H and O–H groups in total. The fourth-order valence-electron chi connectivity index (χ4n) is 4.11. The third kappa shape index (κ3) is 4.17. The average molecular weight is 573 g/mol. The van der Waals surface area contributed by atoms with Gasteiger partial charge >= 0.3 is 0 Å². The van der Waals surface area contributed by atoms with Gasteiger partial charge in [-0.05, 0) is 31.0 Å². The monoisotopic (exact) mass is 570 g/mol. The van der Waals surface area contributed by atoms with Crippen LogP contribution in [-0.2, 0) is 16.1 Å². The number of benzene rings is 2. The predicted molar refractivity (Wildman–Crippen MR) is 121 cm³/mol. The summed E-state index contributed by atoms with van der Waals surface area (Å²) >= 11 is 13.3. The highest BCUT2D eigenvalue weighted by molar-refractivity contribution is 9.12. The molecule has 2 fully saturated rings. The number of fused-ring (bicyclic) bond motifs is 1. The van der Waals surface area contributed by atoms with E-state index < -0.39 is 35.4 Å². The molecule has 5 nitrogen and oxygen atoms in total. The second-order valence-electron chi connectivity index (χ2n) is 7.64. The second-order valence-corrected chi connectivity index (χ2v) is 10.4. The van der Waals surface area contributed by atoms with Gasteiger partial charge in [-0.1, -0.05) is 73.8 Å². The lowest BCUT2D eigenvalue weighted by molar-refractivity contribution is -0.155. The summed E-state index contributed by atoms with van der Waals surface area (Å²) in [7, 11) is 0. The highest BCUT2D eigenvalue weighted by Crippen LogP contribution is 2.44. The molecule has 1 heterocycles. The van der Waals surface area contributed by atoms with Crippen LogP contribution in [0.15, 0.2) is 48.5 Å². The number of imide groups is 1. The molecule has 1 aliphatic heterocycles. The molecule has 1 aliphatic carbocycles. The van der Waals surface area contributed by atoms with Crippen LogP contribution in [-0.4, -0.2) is 37.4 Å². The number of carbonyl (C=O) groups is 3. The number of nitrogens with zero attached hydrogens (tertiary/aromatic N) is 2. The van der Waals surface area contributed by atoms with E-state index in [4.69, 9.17) is 11.6 Å². The first-order chi connectivity index (χ1) is 14.8. The van der Waals surface area contributed by atoms with E-state index in [-0.39, 0.29) is 32.3 Å². The van der Waals surface area contributed by atoms with Gasteiger partial charge in [-0.25, -0.2) is 9.40 Å². The minimum atomic E-state index is -0.639. The molecule has 162 valence electrons. The number of carbonyl (C=O) groups excluding carboxylic acids is 3. The van der Waals surface area contributed by atoms with Crippen molar-refractivity contribution in [3.05, 3.63) is 70.5 Å². The Balaban J connectivity index is 1.74. The summed E-state index contributed by atoms with van der Waals surface area (Å²) in [6.07, 6.45) is 0.935. The summed E-state index contributed by atoms with van der Waals surface area (Å²) in [4.78, 5) is 40.1. The van der Waals surface area contributed by atoms with E-state index >= 15 is 0 Å². The van der Waals surface area contributed by atoms with Crippen LogP contribution in [0.25, 0.3) is 0 Å². The zero-order valence-corrected chi connectivity index (χ0v) is 20.1. The summed E-state index contributed by atoms with van der Waals surface area (Å²) < 4.78 is 14.4. The van der Waals surface area contributed by atoms with Crippen LogP contribution in [0, 0.1) is 17.7 Å². The standard InChI is InChI=1S/C22H18Br2ClFN2O3/c23-16-9-14-15(10-17(16)24)22(31)28(21(14)30)27(11-12-5-1-4-8-19(12)26)20(29)13-6-2-3-7-18(13)25/h1-8,14-17H,9-11H2/t14-,15-,16+,17+/m1/s1. The second kappa shape index (κ2) is 9.00. The molecular formula is C22H18Br2ClFN2O3. The molecule has 4 rings (SSSR count). The van der Waals surface area contributed by atoms with Crippen molar-refractivity contribution in [3.63, 3.8) is 0 Å². The summed E-state index contributed by atoms with van der Waals surface area (Å²) in [5.41, 5.74) is 0.322. The van der Waals surface area contributed by atoms with Crippen molar-refractivity contribution in [1.29, 1.82) is 0 Å². The maximum Gasteiger partial charge on any atom is 0.274 e. The molecule has 0 radical (unpaired) electrons. The van der Waals surface area contributed by atoms with E-state index in [9.17, 15) is 18.8 Å². The third-order valence-corrected chi connectivity index (χ3v) is 8.81. The van der Waals surface area contributed by atoms with Crippen LogP contribution in [0.3, 0.4) is 0 Å². The first-order valence-corrected chi connectivity index (χ1v) is 12.0. The molecule has 3 amide bonds. The van der Waals surface area contributed by atoms with Crippen molar-refractivity contribution < 1.29 is 18.8 Å². The van der Waals surface area contributed by atoms with Crippen molar-refractivity contribution in [2.75, 3.05) is 0 Å². The number of hydrazine groups is 1. The van der Waals surface area contributed by atoms with Crippen LogP contribution in [0.1, 0.15) is 28.8 Å². The van der Waals surface area contributed by atoms with Crippen molar-refractivity contribution in [1.82, 2.24) is 10.0 Å². The number of hydrogen-bond acceptors (Lipinski definition) is 3. The van der Waals surface area contributed by atoms with Crippen molar-refractivity contribution >= 4 is 61.2 Å². The highest BCUT2D eigenvalue weighted by atomic mass is 79.9. The lowest BCUT2D eigenvalue weighted by Crippen LogP contribution is -2.50. The fourth-order valence-corrected chi connectivity index (χ4v) is 5.56. The Morgan fingerprint density at radius 3 is 2.13 bits per heavy atom. The molecule has 1 saturated carbocycles. The Hall–Kier alpha value is -1.77. The van der Waals surface area contributed by atoms with Crippen LogP contribution in [0.2, 0.25) is 5.02 Å². The lowest BCUT2D eigenvalue weighted by atomic mass is 9.81. The Morgan fingerprint density at radius 1 is 1.00 bits per heavy atom. The SMILES string of the molecule is O=C(c1ccccc1Cl)N(Cc1ccccc1F)N1C(=O)[C@@H]2C[C@H](Br)[C@@H](Br)C[C@H]2C1=O. The van der Waals surface area contributed by atoms with E-state index in [1.165, 1.54) is 24.3 Å². The molecule has 31 heavy (non-hydrogen) atoms. The van der Waals surface area contributed by atoms with Gasteiger partial charge in [0.2, 0.25) is 0 Å². The largest absolute Gasteiger partial charge is 0.274 e. The molecule has 0 bridgehead atoms. The molecule has 4 atom stereocenters. The van der Waals surface area contributed by atoms with Crippen LogP contribution in [0.5, 0.6) is 0 Å². The lowest BCUT2D eigenvalue weighted by Gasteiger charge is -2.31. The van der Waals surface area contributed by atoms with Gasteiger partial charge in [0, 0.05) is 15.2 Å². The molecule has 0 unspecified atom stereocenters. The number of alkyl halides is 2. The molecule has 2 aromatic rings. The Bertz CT molecular complexity index is 1020. The zero-order chi connectivity index (χ0) is 22.3. The number of rotatable bonds is 4. The Morgan fingerprint density at radius 2 is 1.55 bits per heavy atom. The molecular weight excluding hydrogens is 555 g/mol. The number of hydrogen-bond donors (Lipinski definition) is 0. The summed E-state index contributed by atoms with van der Waals surface area (Å²) in [5.74, 6) is -3.14. The molecule has 0 spiro atoms. The zero-order valence-electron chi connectivity index (χ0n) is 16.2. The first-order valence-electron chi connectivity index (χ1n) is 9.75. The molecule has 0 aromatic heterocycles. The van der Waals surface area contributed by atoms with Gasteiger partial charge in [0.25, 0.3) is 17.7 Å². The normalized spacial score (nSPS) is 25.5. The quantitative estimate of drug-likeness (QED) is 0.385. The summed E-state index contributed by atoms with van der Waals surface area (Å²) in [5, 5.41) is 2.11. The number of amides is 3. The molecule has 2 aliphatic rings. The fraction of sp³-hybridized carbons (Fsp3) is 0.318. The first kappa shape index (κ1) is 22.4. The van der Waals surface area contributed by atoms with Crippen molar-refractivity contribution in [2.24, 2.45) is 11.8 Å². The minimum Gasteiger partial charge on any atom is -0.272 e. The van der Waals surface area contributed by atoms with E-state index in [2.05, 4.69) is 31.9 Å². The molecule has 9 heteroatoms. The average Bonchev–Trinajstić information content (AvgIpc) is 2.97. The molecule has 1 saturated heterocycles. The maximum absolute atomic E-state index is 14.4.